The summed E-state index contributed by atoms with van der Waals surface area (Å²) in [5.41, 5.74) is 2.36. The zero-order chi connectivity index (χ0) is 31.4. The Labute approximate surface area is 253 Å². The van der Waals surface area contributed by atoms with Gasteiger partial charge >= 0.3 is 5.92 Å². The summed E-state index contributed by atoms with van der Waals surface area (Å²) >= 11 is 0. The van der Waals surface area contributed by atoms with Gasteiger partial charge in [-0.15, -0.1) is 0 Å². The van der Waals surface area contributed by atoms with E-state index in [0.717, 1.165) is 37.8 Å². The van der Waals surface area contributed by atoms with E-state index in [9.17, 15) is 18.0 Å². The van der Waals surface area contributed by atoms with Crippen molar-refractivity contribution in [3.8, 4) is 5.75 Å². The molecule has 1 saturated heterocycles. The van der Waals surface area contributed by atoms with Crippen molar-refractivity contribution in [1.82, 2.24) is 24.8 Å². The number of aromatic nitrogens is 4. The first-order valence-corrected chi connectivity index (χ1v) is 14.4. The van der Waals surface area contributed by atoms with Gasteiger partial charge < -0.3 is 20.3 Å². The molecule has 0 bridgehead atoms. The minimum absolute atomic E-state index is 0.0771. The van der Waals surface area contributed by atoms with Crippen molar-refractivity contribution in [2.45, 2.75) is 39.2 Å². The summed E-state index contributed by atoms with van der Waals surface area (Å²) in [7, 11) is 1.22. The van der Waals surface area contributed by atoms with Crippen LogP contribution >= 0.6 is 0 Å². The van der Waals surface area contributed by atoms with Crippen LogP contribution in [0.25, 0.3) is 11.0 Å². The number of aryl methyl sites for hydroxylation is 1. The van der Waals surface area contributed by atoms with Crippen LogP contribution in [0.4, 0.5) is 36.3 Å². The lowest BCUT2D eigenvalue weighted by atomic mass is 10.0. The smallest absolute Gasteiger partial charge is 0.304 e. The summed E-state index contributed by atoms with van der Waals surface area (Å²) in [5.74, 6) is -3.42. The topological polar surface area (TPSA) is 108 Å². The number of fused-ring (bicyclic) bond motifs is 1. The highest BCUT2D eigenvalue weighted by Crippen LogP contribution is 2.37. The summed E-state index contributed by atoms with van der Waals surface area (Å²) in [6, 6.07) is 9.30. The van der Waals surface area contributed by atoms with Gasteiger partial charge in [-0.3, -0.25) is 9.69 Å². The third-order valence-corrected chi connectivity index (χ3v) is 7.72. The normalized spacial score (nSPS) is 14.2. The Morgan fingerprint density at radius 2 is 1.84 bits per heavy atom. The first-order chi connectivity index (χ1) is 21.1. The Morgan fingerprint density at radius 1 is 1.07 bits per heavy atom. The molecule has 0 atom stereocenters. The molecule has 0 spiro atoms. The summed E-state index contributed by atoms with van der Waals surface area (Å²) in [6.45, 7) is 7.90. The van der Waals surface area contributed by atoms with Crippen molar-refractivity contribution in [3.05, 3.63) is 65.6 Å². The van der Waals surface area contributed by atoms with Crippen molar-refractivity contribution >= 4 is 40.1 Å². The molecule has 44 heavy (non-hydrogen) atoms. The lowest BCUT2D eigenvalue weighted by molar-refractivity contribution is -0.0298. The average molecular weight is 609 g/mol. The molecule has 4 aromatic rings. The van der Waals surface area contributed by atoms with E-state index >= 15 is 0 Å². The highest BCUT2D eigenvalue weighted by atomic mass is 19.3. The van der Waals surface area contributed by atoms with Crippen LogP contribution in [0.15, 0.2) is 48.9 Å². The number of hydrogen-bond acceptors (Lipinski definition) is 9. The first kappa shape index (κ1) is 30.9. The number of amides is 1. The number of hydrogen-bond donors (Lipinski definition) is 2. The molecule has 232 valence electrons. The average Bonchev–Trinajstić information content (AvgIpc) is 3.04. The molecule has 0 saturated carbocycles. The molecular formula is C31H35F3N8O2. The van der Waals surface area contributed by atoms with Gasteiger partial charge in [0, 0.05) is 49.2 Å². The van der Waals surface area contributed by atoms with E-state index in [-0.39, 0.29) is 17.0 Å². The number of nitrogens with one attached hydrogen (secondary N) is 2. The number of anilines is 4. The quantitative estimate of drug-likeness (QED) is 0.239. The summed E-state index contributed by atoms with van der Waals surface area (Å²) in [5, 5.41) is 5.95. The Balaban J connectivity index is 1.40. The number of methoxy groups -OCH3 is 1. The fourth-order valence-electron chi connectivity index (χ4n) is 5.14. The van der Waals surface area contributed by atoms with E-state index in [0.29, 0.717) is 40.9 Å². The van der Waals surface area contributed by atoms with Gasteiger partial charge in [-0.05, 0) is 56.2 Å². The maximum Gasteiger partial charge on any atom is 0.304 e. The zero-order valence-corrected chi connectivity index (χ0v) is 25.1. The van der Waals surface area contributed by atoms with E-state index in [2.05, 4.69) is 49.2 Å². The second kappa shape index (κ2) is 13.0. The van der Waals surface area contributed by atoms with E-state index in [1.165, 1.54) is 25.6 Å². The van der Waals surface area contributed by atoms with Gasteiger partial charge in [0.05, 0.1) is 18.9 Å². The predicted molar refractivity (Wildman–Crippen MR) is 164 cm³/mol. The number of ether oxygens (including phenoxy) is 1. The van der Waals surface area contributed by atoms with Gasteiger partial charge in [0.2, 0.25) is 5.95 Å². The summed E-state index contributed by atoms with van der Waals surface area (Å²) in [4.78, 5) is 35.9. The van der Waals surface area contributed by atoms with Crippen LogP contribution in [0.1, 0.15) is 42.3 Å². The van der Waals surface area contributed by atoms with Gasteiger partial charge in [0.15, 0.2) is 12.5 Å². The molecule has 0 radical (unpaired) electrons. The number of rotatable bonds is 10. The molecular weight excluding hydrogens is 573 g/mol. The van der Waals surface area contributed by atoms with Gasteiger partial charge in [-0.1, -0.05) is 13.0 Å². The van der Waals surface area contributed by atoms with E-state index in [1.54, 1.807) is 18.3 Å². The number of nitrogens with zero attached hydrogens (tertiary/aromatic N) is 6. The van der Waals surface area contributed by atoms with Crippen LogP contribution < -0.4 is 20.3 Å². The predicted octanol–water partition coefficient (Wildman–Crippen LogP) is 5.58. The second-order valence-electron chi connectivity index (χ2n) is 10.8. The van der Waals surface area contributed by atoms with Crippen LogP contribution in [0.2, 0.25) is 0 Å². The van der Waals surface area contributed by atoms with Gasteiger partial charge in [-0.2, -0.15) is 8.78 Å². The third-order valence-electron chi connectivity index (χ3n) is 7.72. The minimum atomic E-state index is -3.77. The van der Waals surface area contributed by atoms with E-state index < -0.39 is 24.1 Å². The standard InChI is InChI=1S/C31H35F3N8O2/c1-5-20-6-7-21(29(43)38-22-8-9-26(44-4)23(15-22)31(33,34)17-32)14-24(20)39-28-27-25(36-18-37-28)16-35-30(40-27)42-12-10-41(11-13-42)19(2)3/h6-9,14-16,18-19H,5,10-13,17H2,1-4H3,(H,38,43)(H,36,37,39). The molecule has 1 fully saturated rings. The molecule has 1 aliphatic heterocycles. The molecule has 2 N–H and O–H groups in total. The monoisotopic (exact) mass is 608 g/mol. The summed E-state index contributed by atoms with van der Waals surface area (Å²) in [6.07, 6.45) is 3.76. The fourth-order valence-corrected chi connectivity index (χ4v) is 5.14. The van der Waals surface area contributed by atoms with Crippen LogP contribution in [-0.2, 0) is 12.3 Å². The zero-order valence-electron chi connectivity index (χ0n) is 25.1. The number of carbonyl (C=O) groups excluding carboxylic acids is 1. The molecule has 10 nitrogen and oxygen atoms in total. The second-order valence-corrected chi connectivity index (χ2v) is 10.8. The van der Waals surface area contributed by atoms with Crippen LogP contribution in [-0.4, -0.2) is 76.7 Å². The SMILES string of the molecule is CCc1ccc(C(=O)Nc2ccc(OC)c(C(F)(F)CF)c2)cc1Nc1ncnc2cnc(N3CCN(C(C)C)CC3)nc12. The Morgan fingerprint density at radius 3 is 2.52 bits per heavy atom. The van der Waals surface area contributed by atoms with E-state index in [1.807, 2.05) is 13.0 Å². The minimum Gasteiger partial charge on any atom is -0.496 e. The molecule has 13 heteroatoms. The first-order valence-electron chi connectivity index (χ1n) is 14.4. The number of alkyl halides is 3. The Bertz CT molecular complexity index is 1640. The maximum atomic E-state index is 14.2. The van der Waals surface area contributed by atoms with Crippen molar-refractivity contribution in [1.29, 1.82) is 0 Å². The van der Waals surface area contributed by atoms with Crippen LogP contribution in [0.5, 0.6) is 5.75 Å². The van der Waals surface area contributed by atoms with Crippen molar-refractivity contribution in [2.24, 2.45) is 0 Å². The van der Waals surface area contributed by atoms with Gasteiger partial charge in [0.1, 0.15) is 23.1 Å². The molecule has 0 aliphatic carbocycles. The molecule has 2 aromatic heterocycles. The molecule has 3 heterocycles. The lowest BCUT2D eigenvalue weighted by Crippen LogP contribution is -2.49. The van der Waals surface area contributed by atoms with E-state index in [4.69, 9.17) is 9.72 Å². The molecule has 1 amide bonds. The fraction of sp³-hybridized carbons (Fsp3) is 0.387. The van der Waals surface area contributed by atoms with Gasteiger partial charge in [0.25, 0.3) is 5.91 Å². The highest BCUT2D eigenvalue weighted by Gasteiger charge is 2.35. The maximum absolute atomic E-state index is 14.2. The number of carbonyl (C=O) groups is 1. The van der Waals surface area contributed by atoms with Crippen molar-refractivity contribution in [2.75, 3.05) is 55.5 Å². The van der Waals surface area contributed by atoms with Crippen LogP contribution in [0, 0.1) is 0 Å². The number of piperazine rings is 1. The van der Waals surface area contributed by atoms with Crippen LogP contribution in [0.3, 0.4) is 0 Å². The third kappa shape index (κ3) is 6.52. The number of benzene rings is 2. The Hall–Kier alpha value is -4.52. The van der Waals surface area contributed by atoms with Gasteiger partial charge in [-0.25, -0.2) is 24.3 Å². The Kier molecular flexibility index (Phi) is 9.14. The molecule has 5 rings (SSSR count). The highest BCUT2D eigenvalue weighted by molar-refractivity contribution is 6.05. The molecule has 2 aromatic carbocycles. The molecule has 1 aliphatic rings. The summed E-state index contributed by atoms with van der Waals surface area (Å²) < 4.78 is 46.4. The van der Waals surface area contributed by atoms with Crippen molar-refractivity contribution in [3.63, 3.8) is 0 Å². The van der Waals surface area contributed by atoms with Crippen molar-refractivity contribution < 1.29 is 22.7 Å². The largest absolute Gasteiger partial charge is 0.496 e. The number of halogens is 3. The molecule has 0 unspecified atom stereocenters. The lowest BCUT2D eigenvalue weighted by Gasteiger charge is -2.36.